The third-order valence-electron chi connectivity index (χ3n) is 3.55. The monoisotopic (exact) mass is 285 g/mol. The molecule has 1 fully saturated rings. The quantitative estimate of drug-likeness (QED) is 0.868. The van der Waals surface area contributed by atoms with Gasteiger partial charge in [-0.1, -0.05) is 6.07 Å². The van der Waals surface area contributed by atoms with E-state index >= 15 is 0 Å². The van der Waals surface area contributed by atoms with Crippen molar-refractivity contribution >= 4 is 11.8 Å². The molecule has 0 aromatic carbocycles. The molecule has 3 heterocycles. The van der Waals surface area contributed by atoms with Crippen LogP contribution in [0.5, 0.6) is 0 Å². The topological polar surface area (TPSA) is 86.0 Å². The molecule has 1 aliphatic rings. The van der Waals surface area contributed by atoms with E-state index in [2.05, 4.69) is 26.3 Å². The Balaban J connectivity index is 1.62. The first-order valence-corrected chi connectivity index (χ1v) is 7.16. The highest BCUT2D eigenvalue weighted by Crippen LogP contribution is 2.25. The van der Waals surface area contributed by atoms with E-state index < -0.39 is 0 Å². The van der Waals surface area contributed by atoms with Crippen LogP contribution in [0.2, 0.25) is 0 Å². The second-order valence-electron chi connectivity index (χ2n) is 5.13. The zero-order valence-corrected chi connectivity index (χ0v) is 11.8. The van der Waals surface area contributed by atoms with Gasteiger partial charge in [0.05, 0.1) is 12.3 Å². The van der Waals surface area contributed by atoms with Crippen LogP contribution in [0.4, 0.5) is 11.8 Å². The molecule has 6 nitrogen and oxygen atoms in total. The maximum atomic E-state index is 5.80. The molecule has 1 aliphatic heterocycles. The fourth-order valence-corrected chi connectivity index (χ4v) is 2.43. The molecule has 1 atom stereocenters. The maximum absolute atomic E-state index is 5.80. The van der Waals surface area contributed by atoms with Crippen molar-refractivity contribution in [1.82, 2.24) is 15.0 Å². The third kappa shape index (κ3) is 3.66. The summed E-state index contributed by atoms with van der Waals surface area (Å²) in [7, 11) is 0. The molecule has 0 bridgehead atoms. The lowest BCUT2D eigenvalue weighted by Crippen LogP contribution is -2.11. The molecule has 1 unspecified atom stereocenters. The second kappa shape index (κ2) is 6.49. The van der Waals surface area contributed by atoms with Crippen LogP contribution in [0.25, 0.3) is 0 Å². The summed E-state index contributed by atoms with van der Waals surface area (Å²) in [5, 5.41) is 3.30. The zero-order valence-electron chi connectivity index (χ0n) is 11.8. The van der Waals surface area contributed by atoms with Crippen LogP contribution in [-0.2, 0) is 11.2 Å². The van der Waals surface area contributed by atoms with Crippen molar-refractivity contribution in [3.63, 3.8) is 0 Å². The summed E-state index contributed by atoms with van der Waals surface area (Å²) in [5.41, 5.74) is 7.95. The number of nitrogens with two attached hydrogens (primary N) is 1. The predicted molar refractivity (Wildman–Crippen MR) is 81.1 cm³/mol. The molecule has 0 spiro atoms. The van der Waals surface area contributed by atoms with E-state index in [9.17, 15) is 0 Å². The molecular formula is C15H19N5O. The summed E-state index contributed by atoms with van der Waals surface area (Å²) in [6.07, 6.45) is 5.53. The van der Waals surface area contributed by atoms with E-state index in [4.69, 9.17) is 10.5 Å². The first-order valence-electron chi connectivity index (χ1n) is 7.16. The number of nitrogens with one attached hydrogen (secondary N) is 1. The summed E-state index contributed by atoms with van der Waals surface area (Å²) < 4.78 is 5.40. The Morgan fingerprint density at radius 3 is 3.10 bits per heavy atom. The summed E-state index contributed by atoms with van der Waals surface area (Å²) in [6.45, 7) is 2.28. The average molecular weight is 285 g/mol. The zero-order chi connectivity index (χ0) is 14.5. The average Bonchev–Trinajstić information content (AvgIpc) is 3.02. The van der Waals surface area contributed by atoms with E-state index in [0.29, 0.717) is 18.5 Å². The standard InChI is InChI=1S/C15H19N5O/c16-15-19-13(12-4-7-21-10-12)8-14(20-15)18-6-3-11-2-1-5-17-9-11/h1-2,5,8-9,12H,3-4,6-7,10H2,(H3,16,18,19,20). The van der Waals surface area contributed by atoms with Crippen LogP contribution in [0.1, 0.15) is 23.6 Å². The van der Waals surface area contributed by atoms with Gasteiger partial charge in [-0.15, -0.1) is 0 Å². The van der Waals surface area contributed by atoms with E-state index in [1.165, 1.54) is 5.56 Å². The molecular weight excluding hydrogens is 266 g/mol. The van der Waals surface area contributed by atoms with E-state index in [1.807, 2.05) is 18.3 Å². The van der Waals surface area contributed by atoms with Gasteiger partial charge < -0.3 is 15.8 Å². The third-order valence-corrected chi connectivity index (χ3v) is 3.55. The molecule has 0 aliphatic carbocycles. The van der Waals surface area contributed by atoms with Crippen LogP contribution < -0.4 is 11.1 Å². The molecule has 21 heavy (non-hydrogen) atoms. The molecule has 110 valence electrons. The Kier molecular flexibility index (Phi) is 4.25. The maximum Gasteiger partial charge on any atom is 0.222 e. The first-order chi connectivity index (χ1) is 10.3. The van der Waals surface area contributed by atoms with Crippen LogP contribution in [0, 0.1) is 0 Å². The number of ether oxygens (including phenoxy) is 1. The highest BCUT2D eigenvalue weighted by molar-refractivity contribution is 5.41. The van der Waals surface area contributed by atoms with Crippen LogP contribution in [0.15, 0.2) is 30.6 Å². The minimum Gasteiger partial charge on any atom is -0.381 e. The van der Waals surface area contributed by atoms with Gasteiger partial charge in [-0.05, 0) is 24.5 Å². The van der Waals surface area contributed by atoms with E-state index in [0.717, 1.165) is 37.5 Å². The number of nitrogen functional groups attached to an aromatic ring is 1. The van der Waals surface area contributed by atoms with Crippen molar-refractivity contribution in [3.05, 3.63) is 41.9 Å². The Hall–Kier alpha value is -2.21. The molecule has 6 heteroatoms. The van der Waals surface area contributed by atoms with Gasteiger partial charge >= 0.3 is 0 Å². The number of hydrogen-bond donors (Lipinski definition) is 2. The lowest BCUT2D eigenvalue weighted by atomic mass is 10.0. The van der Waals surface area contributed by atoms with E-state index in [-0.39, 0.29) is 0 Å². The largest absolute Gasteiger partial charge is 0.381 e. The predicted octanol–water partition coefficient (Wildman–Crippen LogP) is 1.61. The Morgan fingerprint density at radius 1 is 1.38 bits per heavy atom. The molecule has 3 N–H and O–H groups in total. The Bertz CT molecular complexity index is 584. The number of hydrogen-bond acceptors (Lipinski definition) is 6. The second-order valence-corrected chi connectivity index (χ2v) is 5.13. The van der Waals surface area contributed by atoms with Crippen molar-refractivity contribution in [3.8, 4) is 0 Å². The SMILES string of the molecule is Nc1nc(NCCc2cccnc2)cc(C2CCOC2)n1. The van der Waals surface area contributed by atoms with Gasteiger partial charge in [0.2, 0.25) is 5.95 Å². The highest BCUT2D eigenvalue weighted by atomic mass is 16.5. The molecule has 2 aromatic rings. The minimum atomic E-state index is 0.309. The van der Waals surface area contributed by atoms with Gasteiger partial charge in [-0.25, -0.2) is 4.98 Å². The number of rotatable bonds is 5. The van der Waals surface area contributed by atoms with Crippen LogP contribution >= 0.6 is 0 Å². The molecule has 0 radical (unpaired) electrons. The molecule has 0 amide bonds. The molecule has 0 saturated carbocycles. The first kappa shape index (κ1) is 13.8. The molecule has 2 aromatic heterocycles. The summed E-state index contributed by atoms with van der Waals surface area (Å²) >= 11 is 0. The van der Waals surface area contributed by atoms with Gasteiger partial charge in [0.25, 0.3) is 0 Å². The van der Waals surface area contributed by atoms with Crippen molar-refractivity contribution in [2.45, 2.75) is 18.8 Å². The number of pyridine rings is 1. The fourth-order valence-electron chi connectivity index (χ4n) is 2.43. The highest BCUT2D eigenvalue weighted by Gasteiger charge is 2.20. The van der Waals surface area contributed by atoms with Crippen molar-refractivity contribution in [2.24, 2.45) is 0 Å². The van der Waals surface area contributed by atoms with E-state index in [1.54, 1.807) is 6.20 Å². The lowest BCUT2D eigenvalue weighted by molar-refractivity contribution is 0.193. The number of anilines is 2. The Labute approximate surface area is 123 Å². The smallest absolute Gasteiger partial charge is 0.222 e. The van der Waals surface area contributed by atoms with Gasteiger partial charge in [-0.3, -0.25) is 4.98 Å². The number of aromatic nitrogens is 3. The molecule has 3 rings (SSSR count). The minimum absolute atomic E-state index is 0.309. The van der Waals surface area contributed by atoms with Gasteiger partial charge in [0.1, 0.15) is 5.82 Å². The van der Waals surface area contributed by atoms with Gasteiger partial charge in [-0.2, -0.15) is 4.98 Å². The van der Waals surface area contributed by atoms with Gasteiger partial charge in [0, 0.05) is 37.5 Å². The molecule has 1 saturated heterocycles. The van der Waals surface area contributed by atoms with Gasteiger partial charge in [0.15, 0.2) is 0 Å². The van der Waals surface area contributed by atoms with Crippen molar-refractivity contribution in [1.29, 1.82) is 0 Å². The van der Waals surface area contributed by atoms with Crippen molar-refractivity contribution < 1.29 is 4.74 Å². The van der Waals surface area contributed by atoms with Crippen LogP contribution in [-0.4, -0.2) is 34.7 Å². The lowest BCUT2D eigenvalue weighted by Gasteiger charge is -2.11. The summed E-state index contributed by atoms with van der Waals surface area (Å²) in [5.74, 6) is 1.41. The summed E-state index contributed by atoms with van der Waals surface area (Å²) in [6, 6.07) is 5.97. The van der Waals surface area contributed by atoms with Crippen molar-refractivity contribution in [2.75, 3.05) is 30.8 Å². The summed E-state index contributed by atoms with van der Waals surface area (Å²) in [4.78, 5) is 12.7. The normalized spacial score (nSPS) is 17.8. The Morgan fingerprint density at radius 2 is 2.33 bits per heavy atom. The fraction of sp³-hybridized carbons (Fsp3) is 0.400. The van der Waals surface area contributed by atoms with Crippen LogP contribution in [0.3, 0.4) is 0 Å². The number of nitrogens with zero attached hydrogens (tertiary/aromatic N) is 3.